The molecule has 88 valence electrons. The average Bonchev–Trinajstić information content (AvgIpc) is 2.96. The Labute approximate surface area is 97.7 Å². The third kappa shape index (κ3) is 1.68. The minimum absolute atomic E-state index is 0.0125. The quantitative estimate of drug-likeness (QED) is 0.858. The van der Waals surface area contributed by atoms with Crippen LogP contribution >= 0.6 is 0 Å². The number of ether oxygens (including phenoxy) is 1. The molecule has 3 heterocycles. The zero-order valence-corrected chi connectivity index (χ0v) is 9.17. The van der Waals surface area contributed by atoms with Gasteiger partial charge in [0.2, 0.25) is 0 Å². The van der Waals surface area contributed by atoms with Crippen molar-refractivity contribution in [2.75, 3.05) is 6.61 Å². The van der Waals surface area contributed by atoms with E-state index in [0.29, 0.717) is 0 Å². The molecule has 3 rings (SSSR count). The monoisotopic (exact) mass is 232 g/mol. The van der Waals surface area contributed by atoms with E-state index in [2.05, 4.69) is 4.98 Å². The number of imidazole rings is 1. The van der Waals surface area contributed by atoms with E-state index in [4.69, 9.17) is 9.84 Å². The van der Waals surface area contributed by atoms with E-state index in [1.807, 2.05) is 0 Å². The summed E-state index contributed by atoms with van der Waals surface area (Å²) in [7, 11) is 0. The van der Waals surface area contributed by atoms with Gasteiger partial charge in [0.05, 0.1) is 17.3 Å². The topological polar surface area (TPSA) is 63.8 Å². The molecule has 0 amide bonds. The van der Waals surface area contributed by atoms with Crippen LogP contribution in [0.2, 0.25) is 0 Å². The second-order valence-electron chi connectivity index (χ2n) is 4.14. The Morgan fingerprint density at radius 2 is 2.41 bits per heavy atom. The van der Waals surface area contributed by atoms with Gasteiger partial charge in [0.15, 0.2) is 0 Å². The first-order valence-electron chi connectivity index (χ1n) is 5.57. The van der Waals surface area contributed by atoms with Gasteiger partial charge < -0.3 is 14.2 Å². The Hall–Kier alpha value is -1.88. The molecule has 1 aliphatic heterocycles. The zero-order valence-electron chi connectivity index (χ0n) is 9.17. The fraction of sp³-hybridized carbons (Fsp3) is 0.333. The van der Waals surface area contributed by atoms with Crippen LogP contribution in [-0.2, 0) is 4.74 Å². The Morgan fingerprint density at radius 1 is 1.53 bits per heavy atom. The second-order valence-corrected chi connectivity index (χ2v) is 4.14. The number of pyridine rings is 1. The lowest BCUT2D eigenvalue weighted by molar-refractivity contribution is 0.0696. The largest absolute Gasteiger partial charge is 0.478 e. The second kappa shape index (κ2) is 3.85. The molecule has 1 aliphatic rings. The van der Waals surface area contributed by atoms with E-state index in [-0.39, 0.29) is 11.7 Å². The van der Waals surface area contributed by atoms with E-state index in [1.54, 1.807) is 28.9 Å². The van der Waals surface area contributed by atoms with Crippen molar-refractivity contribution in [3.05, 3.63) is 35.9 Å². The molecule has 0 aromatic carbocycles. The van der Waals surface area contributed by atoms with Crippen LogP contribution in [0.15, 0.2) is 24.5 Å². The van der Waals surface area contributed by atoms with Gasteiger partial charge in [-0.1, -0.05) is 0 Å². The summed E-state index contributed by atoms with van der Waals surface area (Å²) in [5.74, 6) is -0.139. The Kier molecular flexibility index (Phi) is 2.33. The van der Waals surface area contributed by atoms with Crippen LogP contribution in [0.3, 0.4) is 0 Å². The van der Waals surface area contributed by atoms with Crippen LogP contribution in [-0.4, -0.2) is 27.1 Å². The summed E-state index contributed by atoms with van der Waals surface area (Å²) < 4.78 is 7.38. The van der Waals surface area contributed by atoms with Gasteiger partial charge in [0.1, 0.15) is 11.9 Å². The summed E-state index contributed by atoms with van der Waals surface area (Å²) in [6, 6.07) is 3.34. The summed E-state index contributed by atoms with van der Waals surface area (Å²) in [4.78, 5) is 15.3. The van der Waals surface area contributed by atoms with Gasteiger partial charge in [-0.3, -0.25) is 0 Å². The minimum atomic E-state index is -0.932. The molecular formula is C12H12N2O3. The lowest BCUT2D eigenvalue weighted by Gasteiger charge is -2.08. The van der Waals surface area contributed by atoms with Crippen molar-refractivity contribution >= 4 is 11.5 Å². The van der Waals surface area contributed by atoms with Gasteiger partial charge in [0.25, 0.3) is 0 Å². The van der Waals surface area contributed by atoms with Gasteiger partial charge in [0, 0.05) is 12.8 Å². The Morgan fingerprint density at radius 3 is 3.12 bits per heavy atom. The molecule has 5 heteroatoms. The Balaban J connectivity index is 2.11. The molecule has 17 heavy (non-hydrogen) atoms. The molecule has 0 saturated carbocycles. The van der Waals surface area contributed by atoms with Crippen molar-refractivity contribution < 1.29 is 14.6 Å². The first kappa shape index (κ1) is 10.3. The number of hydrogen-bond acceptors (Lipinski definition) is 3. The Bertz CT molecular complexity index is 570. The first-order chi connectivity index (χ1) is 8.25. The number of carbonyl (C=O) groups is 1. The number of rotatable bonds is 2. The number of carboxylic acid groups (broad SMARTS) is 1. The molecule has 5 nitrogen and oxygen atoms in total. The van der Waals surface area contributed by atoms with Crippen molar-refractivity contribution in [2.45, 2.75) is 18.9 Å². The fourth-order valence-electron chi connectivity index (χ4n) is 2.16. The number of hydrogen-bond donors (Lipinski definition) is 1. The van der Waals surface area contributed by atoms with Crippen LogP contribution in [0.1, 0.15) is 35.1 Å². The molecule has 2 aromatic heterocycles. The fourth-order valence-corrected chi connectivity index (χ4v) is 2.16. The number of aromatic nitrogens is 2. The summed E-state index contributed by atoms with van der Waals surface area (Å²) in [6.07, 6.45) is 5.29. The standard InChI is InChI=1S/C12H12N2O3/c15-12(16)8-3-4-9-6-13-11(14(9)7-8)10-2-1-5-17-10/h3-4,6-7,10H,1-2,5H2,(H,15,16). The predicted molar refractivity (Wildman–Crippen MR) is 60.1 cm³/mol. The number of nitrogens with zero attached hydrogens (tertiary/aromatic N) is 2. The van der Waals surface area contributed by atoms with Crippen molar-refractivity contribution in [1.82, 2.24) is 9.38 Å². The normalized spacial score (nSPS) is 19.9. The van der Waals surface area contributed by atoms with Gasteiger partial charge in [-0.2, -0.15) is 0 Å². The number of carboxylic acids is 1. The third-order valence-electron chi connectivity index (χ3n) is 3.02. The van der Waals surface area contributed by atoms with Crippen LogP contribution in [0, 0.1) is 0 Å². The molecule has 0 radical (unpaired) electrons. The van der Waals surface area contributed by atoms with Crippen molar-refractivity contribution in [1.29, 1.82) is 0 Å². The summed E-state index contributed by atoms with van der Waals surface area (Å²) >= 11 is 0. The van der Waals surface area contributed by atoms with E-state index < -0.39 is 5.97 Å². The van der Waals surface area contributed by atoms with E-state index >= 15 is 0 Å². The average molecular weight is 232 g/mol. The molecular weight excluding hydrogens is 220 g/mol. The molecule has 0 spiro atoms. The van der Waals surface area contributed by atoms with Gasteiger partial charge in [-0.05, 0) is 25.0 Å². The SMILES string of the molecule is O=C(O)c1ccc2cnc(C3CCCO3)n2c1. The van der Waals surface area contributed by atoms with Crippen molar-refractivity contribution in [3.8, 4) is 0 Å². The first-order valence-corrected chi connectivity index (χ1v) is 5.57. The molecule has 1 unspecified atom stereocenters. The highest BCUT2D eigenvalue weighted by atomic mass is 16.5. The van der Waals surface area contributed by atoms with Crippen LogP contribution in [0.4, 0.5) is 0 Å². The molecule has 1 fully saturated rings. The smallest absolute Gasteiger partial charge is 0.337 e. The minimum Gasteiger partial charge on any atom is -0.478 e. The van der Waals surface area contributed by atoms with Gasteiger partial charge >= 0.3 is 5.97 Å². The van der Waals surface area contributed by atoms with Crippen LogP contribution in [0.25, 0.3) is 5.52 Å². The maximum atomic E-state index is 10.9. The van der Waals surface area contributed by atoms with Gasteiger partial charge in [-0.15, -0.1) is 0 Å². The predicted octanol–water partition coefficient (Wildman–Crippen LogP) is 1.88. The highest BCUT2D eigenvalue weighted by molar-refractivity contribution is 5.87. The molecule has 0 bridgehead atoms. The summed E-state index contributed by atoms with van der Waals surface area (Å²) in [6.45, 7) is 0.748. The molecule has 2 aromatic rings. The van der Waals surface area contributed by atoms with Crippen molar-refractivity contribution in [2.24, 2.45) is 0 Å². The van der Waals surface area contributed by atoms with E-state index in [0.717, 1.165) is 30.8 Å². The highest BCUT2D eigenvalue weighted by Crippen LogP contribution is 2.28. The third-order valence-corrected chi connectivity index (χ3v) is 3.02. The molecule has 1 saturated heterocycles. The van der Waals surface area contributed by atoms with Gasteiger partial charge in [-0.25, -0.2) is 9.78 Å². The molecule has 1 N–H and O–H groups in total. The lowest BCUT2D eigenvalue weighted by Crippen LogP contribution is -2.05. The van der Waals surface area contributed by atoms with Crippen LogP contribution in [0.5, 0.6) is 0 Å². The van der Waals surface area contributed by atoms with E-state index in [9.17, 15) is 4.79 Å². The summed E-state index contributed by atoms with van der Waals surface area (Å²) in [5.41, 5.74) is 1.15. The lowest BCUT2D eigenvalue weighted by atomic mass is 10.2. The van der Waals surface area contributed by atoms with E-state index in [1.165, 1.54) is 0 Å². The molecule has 0 aliphatic carbocycles. The van der Waals surface area contributed by atoms with Crippen molar-refractivity contribution in [3.63, 3.8) is 0 Å². The highest BCUT2D eigenvalue weighted by Gasteiger charge is 2.22. The maximum absolute atomic E-state index is 10.9. The van der Waals surface area contributed by atoms with Crippen LogP contribution < -0.4 is 0 Å². The number of aromatic carboxylic acids is 1. The number of fused-ring (bicyclic) bond motifs is 1. The maximum Gasteiger partial charge on any atom is 0.337 e. The molecule has 1 atom stereocenters. The zero-order chi connectivity index (χ0) is 11.8. The summed E-state index contributed by atoms with van der Waals surface area (Å²) in [5, 5.41) is 8.97.